The molecule has 35 heavy (non-hydrogen) atoms. The maximum atomic E-state index is 15.1. The first-order chi connectivity index (χ1) is 16.8. The van der Waals surface area contributed by atoms with E-state index in [1.54, 1.807) is 12.1 Å². The highest BCUT2D eigenvalue weighted by atomic mass is 19.1. The van der Waals surface area contributed by atoms with Crippen molar-refractivity contribution in [2.24, 2.45) is 0 Å². The molecule has 0 aliphatic heterocycles. The van der Waals surface area contributed by atoms with Gasteiger partial charge in [-0.05, 0) is 48.5 Å². The van der Waals surface area contributed by atoms with Crippen LogP contribution in [0.5, 0.6) is 5.75 Å². The number of rotatable bonds is 7. The largest absolute Gasteiger partial charge is 0.490 e. The Kier molecular flexibility index (Phi) is 6.93. The van der Waals surface area contributed by atoms with Crippen molar-refractivity contribution in [2.45, 2.75) is 0 Å². The average molecular weight is 481 g/mol. The summed E-state index contributed by atoms with van der Waals surface area (Å²) in [6.45, 7) is -0.130. The summed E-state index contributed by atoms with van der Waals surface area (Å²) in [5, 5.41) is 13.8. The number of carbonyl (C=O) groups excluding carboxylic acids is 2. The van der Waals surface area contributed by atoms with E-state index in [1.807, 2.05) is 0 Å². The number of amides is 2. The molecule has 10 heteroatoms. The Bertz CT molecular complexity index is 1430. The molecule has 0 spiro atoms. The predicted molar refractivity (Wildman–Crippen MR) is 123 cm³/mol. The van der Waals surface area contributed by atoms with Crippen molar-refractivity contribution in [3.63, 3.8) is 0 Å². The van der Waals surface area contributed by atoms with Crippen LogP contribution in [0.25, 0.3) is 10.9 Å². The summed E-state index contributed by atoms with van der Waals surface area (Å²) < 4.78 is 48.0. The topological polar surface area (TPSA) is 101 Å². The van der Waals surface area contributed by atoms with Crippen LogP contribution in [0.2, 0.25) is 0 Å². The molecule has 0 aliphatic rings. The molecule has 178 valence electrons. The number of hydrogen-bond acceptors (Lipinski definition) is 5. The van der Waals surface area contributed by atoms with Gasteiger partial charge in [0.2, 0.25) is 0 Å². The zero-order valence-corrected chi connectivity index (χ0v) is 18.0. The second kappa shape index (κ2) is 10.2. The zero-order chi connectivity index (χ0) is 24.9. The van der Waals surface area contributed by atoms with Crippen LogP contribution in [0.4, 0.5) is 29.3 Å². The lowest BCUT2D eigenvalue weighted by atomic mass is 10.00. The summed E-state index contributed by atoms with van der Waals surface area (Å²) in [6.07, 6.45) is 1.46. The van der Waals surface area contributed by atoms with Crippen molar-refractivity contribution < 1.29 is 32.6 Å². The van der Waals surface area contributed by atoms with Gasteiger partial charge in [0.05, 0.1) is 29.6 Å². The summed E-state index contributed by atoms with van der Waals surface area (Å²) in [5.41, 5.74) is -0.467. The normalized spacial score (nSPS) is 10.7. The van der Waals surface area contributed by atoms with Gasteiger partial charge in [-0.15, -0.1) is 0 Å². The lowest BCUT2D eigenvalue weighted by Crippen LogP contribution is -2.21. The maximum Gasteiger partial charge on any atom is 0.323 e. The lowest BCUT2D eigenvalue weighted by Gasteiger charge is -2.12. The number of fused-ring (bicyclic) bond motifs is 1. The fourth-order valence-electron chi connectivity index (χ4n) is 3.35. The van der Waals surface area contributed by atoms with Gasteiger partial charge in [0.15, 0.2) is 11.6 Å². The number of carbonyl (C=O) groups is 2. The van der Waals surface area contributed by atoms with E-state index in [0.717, 1.165) is 18.2 Å². The fraction of sp³-hybridized carbons (Fsp3) is 0.0800. The Balaban J connectivity index is 1.60. The van der Waals surface area contributed by atoms with Crippen LogP contribution in [-0.4, -0.2) is 35.1 Å². The monoisotopic (exact) mass is 481 g/mol. The minimum atomic E-state index is -1.14. The average Bonchev–Trinajstić information content (AvgIpc) is 2.83. The summed E-state index contributed by atoms with van der Waals surface area (Å²) in [5.74, 6) is -3.13. The molecule has 3 aromatic carbocycles. The predicted octanol–water partition coefficient (Wildman–Crippen LogP) is 4.90. The van der Waals surface area contributed by atoms with Gasteiger partial charge in [-0.25, -0.2) is 18.0 Å². The number of nitrogens with one attached hydrogen (secondary N) is 2. The number of aromatic nitrogens is 1. The van der Waals surface area contributed by atoms with Gasteiger partial charge in [-0.2, -0.15) is 0 Å². The molecule has 0 bridgehead atoms. The van der Waals surface area contributed by atoms with Crippen molar-refractivity contribution in [1.29, 1.82) is 0 Å². The number of aliphatic hydroxyl groups excluding tert-OH is 1. The second-order valence-electron chi connectivity index (χ2n) is 7.38. The van der Waals surface area contributed by atoms with E-state index in [4.69, 9.17) is 9.84 Å². The molecule has 0 aliphatic carbocycles. The molecule has 3 N–H and O–H groups in total. The van der Waals surface area contributed by atoms with E-state index in [2.05, 4.69) is 15.6 Å². The molecule has 0 fully saturated rings. The minimum Gasteiger partial charge on any atom is -0.490 e. The van der Waals surface area contributed by atoms with Crippen molar-refractivity contribution >= 4 is 34.1 Å². The second-order valence-corrected chi connectivity index (χ2v) is 7.38. The van der Waals surface area contributed by atoms with Gasteiger partial charge in [-0.1, -0.05) is 6.07 Å². The third kappa shape index (κ3) is 5.56. The molecule has 0 radical (unpaired) electrons. The number of hydrogen-bond donors (Lipinski definition) is 3. The van der Waals surface area contributed by atoms with Crippen LogP contribution in [-0.2, 0) is 0 Å². The van der Waals surface area contributed by atoms with E-state index in [9.17, 15) is 18.4 Å². The van der Waals surface area contributed by atoms with Crippen LogP contribution in [0.3, 0.4) is 0 Å². The third-order valence-corrected chi connectivity index (χ3v) is 4.89. The molecule has 4 rings (SSSR count). The van der Waals surface area contributed by atoms with Crippen LogP contribution in [0, 0.1) is 17.5 Å². The Morgan fingerprint density at radius 3 is 2.54 bits per heavy atom. The van der Waals surface area contributed by atoms with E-state index in [-0.39, 0.29) is 24.5 Å². The quantitative estimate of drug-likeness (QED) is 0.326. The minimum absolute atomic E-state index is 0.0540. The molecular weight excluding hydrogens is 463 g/mol. The van der Waals surface area contributed by atoms with Crippen LogP contribution in [0.1, 0.15) is 15.9 Å². The number of pyridine rings is 1. The molecule has 1 aromatic heterocycles. The molecule has 7 nitrogen and oxygen atoms in total. The first-order valence-electron chi connectivity index (χ1n) is 10.3. The van der Waals surface area contributed by atoms with Gasteiger partial charge in [0.1, 0.15) is 24.0 Å². The van der Waals surface area contributed by atoms with Crippen LogP contribution in [0.15, 0.2) is 66.9 Å². The molecule has 2 amide bonds. The molecule has 1 heterocycles. The number of halogens is 3. The molecule has 0 saturated carbocycles. The first-order valence-corrected chi connectivity index (χ1v) is 10.3. The number of aliphatic hydroxyl groups is 1. The first kappa shape index (κ1) is 23.7. The van der Waals surface area contributed by atoms with Gasteiger partial charge >= 0.3 is 6.03 Å². The fourth-order valence-corrected chi connectivity index (χ4v) is 3.35. The molecule has 0 saturated heterocycles. The van der Waals surface area contributed by atoms with E-state index < -0.39 is 40.5 Å². The number of benzene rings is 3. The highest BCUT2D eigenvalue weighted by Gasteiger charge is 2.21. The molecule has 0 atom stereocenters. The smallest absolute Gasteiger partial charge is 0.323 e. The van der Waals surface area contributed by atoms with Gasteiger partial charge in [-0.3, -0.25) is 9.78 Å². The molecular formula is C25H18F3N3O4. The van der Waals surface area contributed by atoms with Crippen LogP contribution < -0.4 is 15.4 Å². The summed E-state index contributed by atoms with van der Waals surface area (Å²) in [4.78, 5) is 29.4. The van der Waals surface area contributed by atoms with Gasteiger partial charge in [0, 0.05) is 22.7 Å². The number of ether oxygens (including phenoxy) is 1. The number of nitrogens with zero attached hydrogens (tertiary/aromatic N) is 1. The standard InChI is InChI=1S/C25H18F3N3O4/c26-16-2-1-3-18(10-16)30-25(34)31-22-12-17(27)11-20(23(22)28)24(33)14-4-5-21-15(8-14)9-19(13-29-21)35-7-6-32/h1-5,8-13,32H,6-7H2,(H2,30,31,34). The number of anilines is 2. The Hall–Kier alpha value is -4.44. The Labute approximate surface area is 197 Å². The summed E-state index contributed by atoms with van der Waals surface area (Å²) in [7, 11) is 0. The van der Waals surface area contributed by atoms with Crippen LogP contribution >= 0.6 is 0 Å². The zero-order valence-electron chi connectivity index (χ0n) is 18.0. The highest BCUT2D eigenvalue weighted by Crippen LogP contribution is 2.26. The summed E-state index contributed by atoms with van der Waals surface area (Å²) >= 11 is 0. The maximum absolute atomic E-state index is 15.1. The Morgan fingerprint density at radius 1 is 0.943 bits per heavy atom. The number of urea groups is 1. The SMILES string of the molecule is O=C(Nc1cccc(F)c1)Nc1cc(F)cc(C(=O)c2ccc3ncc(OCCO)cc3c2)c1F. The van der Waals surface area contributed by atoms with E-state index >= 15 is 4.39 Å². The van der Waals surface area contributed by atoms with Crippen molar-refractivity contribution in [3.05, 3.63) is 95.4 Å². The van der Waals surface area contributed by atoms with Gasteiger partial charge < -0.3 is 20.5 Å². The van der Waals surface area contributed by atoms with Gasteiger partial charge in [0.25, 0.3) is 0 Å². The number of ketones is 1. The summed E-state index contributed by atoms with van der Waals surface area (Å²) in [6, 6.07) is 11.5. The third-order valence-electron chi connectivity index (χ3n) is 4.89. The highest BCUT2D eigenvalue weighted by molar-refractivity contribution is 6.11. The van der Waals surface area contributed by atoms with Crippen molar-refractivity contribution in [1.82, 2.24) is 4.98 Å². The van der Waals surface area contributed by atoms with E-state index in [0.29, 0.717) is 16.7 Å². The van der Waals surface area contributed by atoms with Crippen molar-refractivity contribution in [3.8, 4) is 5.75 Å². The Morgan fingerprint density at radius 2 is 1.77 bits per heavy atom. The van der Waals surface area contributed by atoms with E-state index in [1.165, 1.54) is 36.5 Å². The molecule has 0 unspecified atom stereocenters. The molecule has 4 aromatic rings. The lowest BCUT2D eigenvalue weighted by molar-refractivity contribution is 0.103. The van der Waals surface area contributed by atoms with Crippen molar-refractivity contribution in [2.75, 3.05) is 23.8 Å².